The van der Waals surface area contributed by atoms with Gasteiger partial charge in [-0.25, -0.2) is 4.79 Å². The van der Waals surface area contributed by atoms with Crippen LogP contribution in [0.25, 0.3) is 0 Å². The fourth-order valence-electron chi connectivity index (χ4n) is 2.83. The predicted molar refractivity (Wildman–Crippen MR) is 120 cm³/mol. The quantitative estimate of drug-likeness (QED) is 0.192. The number of carbonyl (C=O) groups excluding carboxylic acids is 3. The largest absolute Gasteiger partial charge is 0.480 e. The molecule has 0 aromatic carbocycles. The van der Waals surface area contributed by atoms with E-state index in [1.807, 2.05) is 34.0 Å². The van der Waals surface area contributed by atoms with E-state index in [0.29, 0.717) is 18.6 Å². The Kier molecular flexibility index (Phi) is 14.1. The fraction of sp³-hybridized carbons (Fsp3) is 0.800. The third-order valence-electron chi connectivity index (χ3n) is 4.44. The second-order valence-corrected chi connectivity index (χ2v) is 9.34. The first-order chi connectivity index (χ1) is 14.4. The van der Waals surface area contributed by atoms with E-state index in [0.717, 1.165) is 0 Å². The summed E-state index contributed by atoms with van der Waals surface area (Å²) in [5.41, 5.74) is 5.89. The van der Waals surface area contributed by atoms with Crippen LogP contribution in [0.5, 0.6) is 0 Å². The van der Waals surface area contributed by atoms with Crippen LogP contribution in [-0.2, 0) is 19.2 Å². The van der Waals surface area contributed by atoms with Crippen LogP contribution in [0.2, 0.25) is 0 Å². The van der Waals surface area contributed by atoms with Crippen LogP contribution in [0.15, 0.2) is 0 Å². The summed E-state index contributed by atoms with van der Waals surface area (Å²) in [6.45, 7) is 6.77. The minimum atomic E-state index is -1.35. The normalized spacial score (nSPS) is 15.1. The highest BCUT2D eigenvalue weighted by molar-refractivity contribution is 7.98. The lowest BCUT2D eigenvalue weighted by Gasteiger charge is -2.25. The Balaban J connectivity index is 5.18. The van der Waals surface area contributed by atoms with Gasteiger partial charge in [0.2, 0.25) is 17.7 Å². The second kappa shape index (κ2) is 15.0. The summed E-state index contributed by atoms with van der Waals surface area (Å²) in [5, 5.41) is 26.2. The summed E-state index contributed by atoms with van der Waals surface area (Å²) in [4.78, 5) is 48.9. The summed E-state index contributed by atoms with van der Waals surface area (Å²) >= 11 is 1.49. The maximum Gasteiger partial charge on any atom is 0.326 e. The molecule has 10 nitrogen and oxygen atoms in total. The number of hydrogen-bond donors (Lipinski definition) is 6. The van der Waals surface area contributed by atoms with Crippen LogP contribution < -0.4 is 21.7 Å². The van der Waals surface area contributed by atoms with Crippen molar-refractivity contribution in [3.8, 4) is 0 Å². The number of hydrogen-bond acceptors (Lipinski definition) is 7. The molecule has 0 aromatic heterocycles. The van der Waals surface area contributed by atoms with Gasteiger partial charge in [-0.1, -0.05) is 27.7 Å². The van der Waals surface area contributed by atoms with E-state index >= 15 is 0 Å². The lowest BCUT2D eigenvalue weighted by molar-refractivity contribution is -0.143. The molecule has 0 rings (SSSR count). The monoisotopic (exact) mass is 462 g/mol. The van der Waals surface area contributed by atoms with Gasteiger partial charge in [-0.15, -0.1) is 0 Å². The molecule has 0 radical (unpaired) electrons. The van der Waals surface area contributed by atoms with Crippen LogP contribution in [0.4, 0.5) is 0 Å². The zero-order valence-corrected chi connectivity index (χ0v) is 19.8. The molecule has 0 aliphatic carbocycles. The second-order valence-electron chi connectivity index (χ2n) is 8.35. The number of aliphatic carboxylic acids is 1. The summed E-state index contributed by atoms with van der Waals surface area (Å²) < 4.78 is 0. The highest BCUT2D eigenvalue weighted by atomic mass is 32.2. The van der Waals surface area contributed by atoms with Gasteiger partial charge in [0, 0.05) is 0 Å². The van der Waals surface area contributed by atoms with E-state index in [9.17, 15) is 29.4 Å². The smallest absolute Gasteiger partial charge is 0.326 e. The van der Waals surface area contributed by atoms with Gasteiger partial charge in [-0.2, -0.15) is 11.8 Å². The number of carboxylic acid groups (broad SMARTS) is 1. The minimum absolute atomic E-state index is 0.0183. The van der Waals surface area contributed by atoms with Gasteiger partial charge >= 0.3 is 5.97 Å². The number of rotatable bonds is 15. The molecular formula is C20H38N4O6S. The Bertz CT molecular complexity index is 602. The van der Waals surface area contributed by atoms with Crippen LogP contribution in [0, 0.1) is 11.8 Å². The molecule has 0 saturated carbocycles. The number of carbonyl (C=O) groups is 4. The Morgan fingerprint density at radius 2 is 1.32 bits per heavy atom. The van der Waals surface area contributed by atoms with Gasteiger partial charge in [0.15, 0.2) is 0 Å². The third kappa shape index (κ3) is 11.9. The molecule has 0 spiro atoms. The molecule has 180 valence electrons. The highest BCUT2D eigenvalue weighted by Crippen LogP contribution is 2.07. The van der Waals surface area contributed by atoms with Gasteiger partial charge in [-0.3, -0.25) is 14.4 Å². The maximum atomic E-state index is 12.7. The maximum absolute atomic E-state index is 12.7. The SMILES string of the molecule is CSCCC(NC(=O)C(N)CC(C)C)C(=O)NC(CO)C(=O)NC(CC(C)C)C(=O)O. The molecule has 31 heavy (non-hydrogen) atoms. The molecule has 7 N–H and O–H groups in total. The van der Waals surface area contributed by atoms with Crippen molar-refractivity contribution in [3.63, 3.8) is 0 Å². The summed E-state index contributed by atoms with van der Waals surface area (Å²) in [5.74, 6) is -2.33. The molecule has 0 bridgehead atoms. The van der Waals surface area contributed by atoms with E-state index in [1.165, 1.54) is 11.8 Å². The van der Waals surface area contributed by atoms with E-state index in [2.05, 4.69) is 16.0 Å². The van der Waals surface area contributed by atoms with Crippen molar-refractivity contribution in [1.82, 2.24) is 16.0 Å². The molecule has 4 unspecified atom stereocenters. The van der Waals surface area contributed by atoms with Crippen LogP contribution in [0.3, 0.4) is 0 Å². The van der Waals surface area contributed by atoms with Crippen LogP contribution >= 0.6 is 11.8 Å². The van der Waals surface area contributed by atoms with Crippen molar-refractivity contribution in [1.29, 1.82) is 0 Å². The molecule has 11 heteroatoms. The highest BCUT2D eigenvalue weighted by Gasteiger charge is 2.30. The van der Waals surface area contributed by atoms with Crippen molar-refractivity contribution in [2.75, 3.05) is 18.6 Å². The zero-order valence-electron chi connectivity index (χ0n) is 19.0. The minimum Gasteiger partial charge on any atom is -0.480 e. The van der Waals surface area contributed by atoms with Gasteiger partial charge in [0.25, 0.3) is 0 Å². The number of carboxylic acids is 1. The zero-order chi connectivity index (χ0) is 24.1. The Morgan fingerprint density at radius 1 is 0.839 bits per heavy atom. The molecule has 0 fully saturated rings. The average Bonchev–Trinajstić information content (AvgIpc) is 2.67. The summed E-state index contributed by atoms with van der Waals surface area (Å²) in [7, 11) is 0. The first-order valence-corrected chi connectivity index (χ1v) is 11.8. The summed E-state index contributed by atoms with van der Waals surface area (Å²) in [6, 6.07) is -4.20. The van der Waals surface area contributed by atoms with Gasteiger partial charge < -0.3 is 31.9 Å². The first-order valence-electron chi connectivity index (χ1n) is 10.4. The average molecular weight is 463 g/mol. The standard InChI is InChI=1S/C20H38N4O6S/c1-11(2)8-13(21)17(26)22-14(6-7-31-5)18(27)24-16(10-25)19(28)23-15(20(29)30)9-12(3)4/h11-16,25H,6-10,21H2,1-5H3,(H,22,26)(H,23,28)(H,24,27)(H,29,30). The van der Waals surface area contributed by atoms with Crippen LogP contribution in [-0.4, -0.2) is 76.7 Å². The summed E-state index contributed by atoms with van der Waals surface area (Å²) in [6.07, 6.45) is 2.81. The Hall–Kier alpha value is -1.85. The van der Waals surface area contributed by atoms with Gasteiger partial charge in [0.1, 0.15) is 18.1 Å². The molecule has 4 atom stereocenters. The van der Waals surface area contributed by atoms with Crippen molar-refractivity contribution in [2.45, 2.75) is 71.1 Å². The molecule has 0 saturated heterocycles. The number of aliphatic hydroxyl groups is 1. The molecule has 0 aromatic rings. The van der Waals surface area contributed by atoms with Gasteiger partial charge in [0.05, 0.1) is 12.6 Å². The molecular weight excluding hydrogens is 424 g/mol. The van der Waals surface area contributed by atoms with E-state index in [4.69, 9.17) is 5.73 Å². The molecule has 0 aliphatic heterocycles. The molecule has 0 aliphatic rings. The molecule has 0 heterocycles. The lowest BCUT2D eigenvalue weighted by atomic mass is 10.0. The van der Waals surface area contributed by atoms with Crippen molar-refractivity contribution in [2.24, 2.45) is 17.6 Å². The van der Waals surface area contributed by atoms with Crippen molar-refractivity contribution >= 4 is 35.5 Å². The lowest BCUT2D eigenvalue weighted by Crippen LogP contribution is -2.58. The number of aliphatic hydroxyl groups excluding tert-OH is 1. The first kappa shape index (κ1) is 29.1. The van der Waals surface area contributed by atoms with Crippen molar-refractivity contribution < 1.29 is 29.4 Å². The number of nitrogens with two attached hydrogens (primary N) is 1. The Morgan fingerprint density at radius 3 is 1.77 bits per heavy atom. The number of amides is 3. The third-order valence-corrected chi connectivity index (χ3v) is 5.09. The number of thioether (sulfide) groups is 1. The number of nitrogens with one attached hydrogen (secondary N) is 3. The van der Waals surface area contributed by atoms with Crippen LogP contribution in [0.1, 0.15) is 47.0 Å². The Labute approximate surface area is 188 Å². The molecule has 3 amide bonds. The van der Waals surface area contributed by atoms with E-state index in [1.54, 1.807) is 0 Å². The topological polar surface area (TPSA) is 171 Å². The fourth-order valence-corrected chi connectivity index (χ4v) is 3.30. The van der Waals surface area contributed by atoms with Gasteiger partial charge in [-0.05, 0) is 43.1 Å². The predicted octanol–water partition coefficient (Wildman–Crippen LogP) is -0.310. The van der Waals surface area contributed by atoms with E-state index in [-0.39, 0.29) is 18.3 Å². The van der Waals surface area contributed by atoms with E-state index < -0.39 is 54.5 Å². The van der Waals surface area contributed by atoms with Crippen molar-refractivity contribution in [3.05, 3.63) is 0 Å².